The lowest BCUT2D eigenvalue weighted by molar-refractivity contribution is 0.197. The Kier molecular flexibility index (Phi) is 6.17. The van der Waals surface area contributed by atoms with Gasteiger partial charge in [0.1, 0.15) is 5.75 Å². The van der Waals surface area contributed by atoms with E-state index >= 15 is 0 Å². The number of hydrogen-bond acceptors (Lipinski definition) is 7. The van der Waals surface area contributed by atoms with Crippen molar-refractivity contribution in [3.05, 3.63) is 29.4 Å². The van der Waals surface area contributed by atoms with E-state index in [1.807, 2.05) is 6.07 Å². The molecule has 1 aromatic heterocycles. The van der Waals surface area contributed by atoms with Gasteiger partial charge in [-0.05, 0) is 24.6 Å². The molecule has 118 valence electrons. The maximum Gasteiger partial charge on any atom is 0.249 e. The predicted molar refractivity (Wildman–Crippen MR) is 86.1 cm³/mol. The van der Waals surface area contributed by atoms with Gasteiger partial charge in [-0.2, -0.15) is 10.1 Å². The first kappa shape index (κ1) is 16.3. The minimum atomic E-state index is 0.387. The highest BCUT2D eigenvalue weighted by molar-refractivity contribution is 6.32. The molecular formula is C14H18ClN5O2. The summed E-state index contributed by atoms with van der Waals surface area (Å²) in [7, 11) is 3.24. The van der Waals surface area contributed by atoms with Gasteiger partial charge in [0.05, 0.1) is 18.3 Å². The SMILES string of the molecule is COCCCNc1cnnc(Nc2ccc(OC)c(Cl)c2)n1. The Labute approximate surface area is 134 Å². The monoisotopic (exact) mass is 323 g/mol. The van der Waals surface area contributed by atoms with Crippen LogP contribution in [0.5, 0.6) is 5.75 Å². The molecule has 7 nitrogen and oxygen atoms in total. The van der Waals surface area contributed by atoms with Gasteiger partial charge in [0, 0.05) is 25.9 Å². The number of hydrogen-bond donors (Lipinski definition) is 2. The molecule has 1 heterocycles. The summed E-state index contributed by atoms with van der Waals surface area (Å²) in [5, 5.41) is 14.6. The molecule has 1 aromatic carbocycles. The first-order valence-electron chi connectivity index (χ1n) is 6.76. The Morgan fingerprint density at radius 2 is 2.14 bits per heavy atom. The Morgan fingerprint density at radius 1 is 1.27 bits per heavy atom. The molecule has 0 spiro atoms. The van der Waals surface area contributed by atoms with Gasteiger partial charge in [-0.3, -0.25) is 0 Å². The van der Waals surface area contributed by atoms with Crippen LogP contribution in [0.3, 0.4) is 0 Å². The second-order valence-corrected chi connectivity index (χ2v) is 4.82. The molecule has 0 radical (unpaired) electrons. The molecule has 0 saturated carbocycles. The highest BCUT2D eigenvalue weighted by atomic mass is 35.5. The van der Waals surface area contributed by atoms with Crippen molar-refractivity contribution in [2.75, 3.05) is 38.0 Å². The van der Waals surface area contributed by atoms with Crippen LogP contribution in [-0.4, -0.2) is 42.6 Å². The van der Waals surface area contributed by atoms with Crippen molar-refractivity contribution in [3.8, 4) is 5.75 Å². The molecule has 0 unspecified atom stereocenters. The van der Waals surface area contributed by atoms with E-state index in [-0.39, 0.29) is 0 Å². The second kappa shape index (κ2) is 8.35. The van der Waals surface area contributed by atoms with Gasteiger partial charge in [0.25, 0.3) is 0 Å². The van der Waals surface area contributed by atoms with Crippen LogP contribution < -0.4 is 15.4 Å². The molecule has 0 bridgehead atoms. The molecule has 22 heavy (non-hydrogen) atoms. The second-order valence-electron chi connectivity index (χ2n) is 4.41. The van der Waals surface area contributed by atoms with Gasteiger partial charge in [-0.15, -0.1) is 5.10 Å². The number of ether oxygens (including phenoxy) is 2. The summed E-state index contributed by atoms with van der Waals surface area (Å²) < 4.78 is 10.1. The first-order valence-corrected chi connectivity index (χ1v) is 7.14. The van der Waals surface area contributed by atoms with Crippen molar-refractivity contribution < 1.29 is 9.47 Å². The number of nitrogens with zero attached hydrogens (tertiary/aromatic N) is 3. The van der Waals surface area contributed by atoms with E-state index in [9.17, 15) is 0 Å². The lowest BCUT2D eigenvalue weighted by Gasteiger charge is -2.09. The standard InChI is InChI=1S/C14H18ClN5O2/c1-21-7-3-6-16-13-9-17-20-14(19-13)18-10-4-5-12(22-2)11(15)8-10/h4-5,8-9H,3,6-7H2,1-2H3,(H2,16,18,19,20). The normalized spacial score (nSPS) is 10.3. The van der Waals surface area contributed by atoms with Gasteiger partial charge >= 0.3 is 0 Å². The van der Waals surface area contributed by atoms with Crippen LogP contribution in [0.1, 0.15) is 6.42 Å². The molecule has 2 aromatic rings. The summed E-state index contributed by atoms with van der Waals surface area (Å²) in [4.78, 5) is 4.33. The van der Waals surface area contributed by atoms with Crippen molar-refractivity contribution in [3.63, 3.8) is 0 Å². The highest BCUT2D eigenvalue weighted by Crippen LogP contribution is 2.28. The minimum absolute atomic E-state index is 0.387. The van der Waals surface area contributed by atoms with E-state index in [1.165, 1.54) is 0 Å². The molecule has 8 heteroatoms. The molecule has 0 amide bonds. The van der Waals surface area contributed by atoms with Crippen molar-refractivity contribution in [2.45, 2.75) is 6.42 Å². The number of benzene rings is 1. The van der Waals surface area contributed by atoms with E-state index < -0.39 is 0 Å². The van der Waals surface area contributed by atoms with Crippen LogP contribution >= 0.6 is 11.6 Å². The maximum atomic E-state index is 6.08. The molecule has 0 fully saturated rings. The maximum absolute atomic E-state index is 6.08. The van der Waals surface area contributed by atoms with E-state index in [2.05, 4.69) is 25.8 Å². The third-order valence-electron chi connectivity index (χ3n) is 2.80. The zero-order chi connectivity index (χ0) is 15.8. The van der Waals surface area contributed by atoms with E-state index in [1.54, 1.807) is 32.5 Å². The summed E-state index contributed by atoms with van der Waals surface area (Å²) >= 11 is 6.08. The predicted octanol–water partition coefficient (Wildman–Crippen LogP) is 2.73. The molecular weight excluding hydrogens is 306 g/mol. The topological polar surface area (TPSA) is 81.2 Å². The lowest BCUT2D eigenvalue weighted by Crippen LogP contribution is -2.08. The van der Waals surface area contributed by atoms with Gasteiger partial charge < -0.3 is 20.1 Å². The fourth-order valence-electron chi connectivity index (χ4n) is 1.75. The molecule has 2 N–H and O–H groups in total. The summed E-state index contributed by atoms with van der Waals surface area (Å²) in [6.07, 6.45) is 2.45. The smallest absolute Gasteiger partial charge is 0.249 e. The van der Waals surface area contributed by atoms with Gasteiger partial charge in [-0.1, -0.05) is 11.6 Å². The highest BCUT2D eigenvalue weighted by Gasteiger charge is 2.05. The average molecular weight is 324 g/mol. The van der Waals surface area contributed by atoms with Crippen molar-refractivity contribution in [2.24, 2.45) is 0 Å². The Morgan fingerprint density at radius 3 is 2.86 bits per heavy atom. The van der Waals surface area contributed by atoms with Gasteiger partial charge in [-0.25, -0.2) is 0 Å². The molecule has 0 atom stereocenters. The Bertz CT molecular complexity index is 612. The lowest BCUT2D eigenvalue weighted by atomic mass is 10.3. The fraction of sp³-hybridized carbons (Fsp3) is 0.357. The van der Waals surface area contributed by atoms with Gasteiger partial charge in [0.15, 0.2) is 5.82 Å². The summed E-state index contributed by atoms with van der Waals surface area (Å²) in [5.74, 6) is 1.64. The zero-order valence-electron chi connectivity index (χ0n) is 12.5. The molecule has 0 aliphatic rings. The van der Waals surface area contributed by atoms with Crippen LogP contribution in [0, 0.1) is 0 Å². The number of nitrogens with one attached hydrogen (secondary N) is 2. The number of methoxy groups -OCH3 is 2. The summed E-state index contributed by atoms with van der Waals surface area (Å²) in [6, 6.07) is 5.33. The quantitative estimate of drug-likeness (QED) is 0.723. The Hall–Kier alpha value is -2.12. The van der Waals surface area contributed by atoms with Crippen molar-refractivity contribution in [1.29, 1.82) is 0 Å². The van der Waals surface area contributed by atoms with Crippen molar-refractivity contribution in [1.82, 2.24) is 15.2 Å². The molecule has 2 rings (SSSR count). The molecule has 0 aliphatic carbocycles. The number of anilines is 3. The van der Waals surface area contributed by atoms with Crippen LogP contribution in [-0.2, 0) is 4.74 Å². The zero-order valence-corrected chi connectivity index (χ0v) is 13.2. The largest absolute Gasteiger partial charge is 0.495 e. The summed E-state index contributed by atoms with van der Waals surface area (Å²) in [6.45, 7) is 1.45. The Balaban J connectivity index is 1.99. The molecule has 0 aliphatic heterocycles. The van der Waals surface area contributed by atoms with Crippen LogP contribution in [0.15, 0.2) is 24.4 Å². The van der Waals surface area contributed by atoms with Crippen LogP contribution in [0.25, 0.3) is 0 Å². The van der Waals surface area contributed by atoms with E-state index in [0.717, 1.165) is 18.7 Å². The van der Waals surface area contributed by atoms with Crippen molar-refractivity contribution >= 4 is 29.1 Å². The first-order chi connectivity index (χ1) is 10.7. The third kappa shape index (κ3) is 4.71. The van der Waals surface area contributed by atoms with E-state index in [0.29, 0.717) is 29.1 Å². The average Bonchev–Trinajstić information content (AvgIpc) is 2.52. The third-order valence-corrected chi connectivity index (χ3v) is 3.09. The summed E-state index contributed by atoms with van der Waals surface area (Å²) in [5.41, 5.74) is 0.754. The number of rotatable bonds is 8. The minimum Gasteiger partial charge on any atom is -0.495 e. The van der Waals surface area contributed by atoms with Crippen LogP contribution in [0.4, 0.5) is 17.5 Å². The molecule has 0 saturated heterocycles. The fourth-order valence-corrected chi connectivity index (χ4v) is 2.01. The van der Waals surface area contributed by atoms with Crippen LogP contribution in [0.2, 0.25) is 5.02 Å². The van der Waals surface area contributed by atoms with E-state index in [4.69, 9.17) is 21.1 Å². The van der Waals surface area contributed by atoms with Gasteiger partial charge in [0.2, 0.25) is 5.95 Å². The number of halogens is 1. The number of aromatic nitrogens is 3.